The van der Waals surface area contributed by atoms with E-state index in [0.717, 1.165) is 37.3 Å². The lowest BCUT2D eigenvalue weighted by molar-refractivity contribution is 0.311. The molecular weight excluding hydrogens is 186 g/mol. The highest BCUT2D eigenvalue weighted by molar-refractivity contribution is 5.07. The molecule has 0 spiro atoms. The quantitative estimate of drug-likeness (QED) is 0.775. The van der Waals surface area contributed by atoms with E-state index in [1.807, 2.05) is 0 Å². The van der Waals surface area contributed by atoms with Crippen LogP contribution in [-0.2, 0) is 13.0 Å². The highest BCUT2D eigenvalue weighted by Gasteiger charge is 2.18. The highest BCUT2D eigenvalue weighted by Crippen LogP contribution is 2.15. The Morgan fingerprint density at radius 1 is 1.13 bits per heavy atom. The van der Waals surface area contributed by atoms with Gasteiger partial charge in [-0.05, 0) is 31.9 Å². The zero-order valence-electron chi connectivity index (χ0n) is 10.4. The van der Waals surface area contributed by atoms with Crippen LogP contribution in [0.4, 0.5) is 0 Å². The minimum absolute atomic E-state index is 0.235. The van der Waals surface area contributed by atoms with Crippen molar-refractivity contribution in [2.24, 2.45) is 0 Å². The molecule has 0 saturated carbocycles. The molecular formula is C13H23NO. The van der Waals surface area contributed by atoms with E-state index in [2.05, 4.69) is 45.1 Å². The van der Waals surface area contributed by atoms with Gasteiger partial charge in [-0.25, -0.2) is 0 Å². The summed E-state index contributed by atoms with van der Waals surface area (Å²) in [5, 5.41) is 3.56. The number of nitrogens with one attached hydrogen (secondary N) is 1. The van der Waals surface area contributed by atoms with Gasteiger partial charge in [0.15, 0.2) is 0 Å². The Morgan fingerprint density at radius 3 is 2.20 bits per heavy atom. The molecule has 0 fully saturated rings. The minimum atomic E-state index is 0.235. The van der Waals surface area contributed by atoms with Crippen LogP contribution < -0.4 is 5.32 Å². The Hall–Kier alpha value is -0.760. The molecule has 0 amide bonds. The third-order valence-electron chi connectivity index (χ3n) is 3.32. The summed E-state index contributed by atoms with van der Waals surface area (Å²) in [7, 11) is 0. The van der Waals surface area contributed by atoms with E-state index in [9.17, 15) is 0 Å². The van der Waals surface area contributed by atoms with Gasteiger partial charge in [0.05, 0.1) is 6.54 Å². The summed E-state index contributed by atoms with van der Waals surface area (Å²) in [6, 6.07) is 4.13. The molecule has 0 radical (unpaired) electrons. The van der Waals surface area contributed by atoms with Gasteiger partial charge in [-0.15, -0.1) is 0 Å². The molecule has 0 unspecified atom stereocenters. The van der Waals surface area contributed by atoms with Gasteiger partial charge >= 0.3 is 0 Å². The molecule has 1 aromatic heterocycles. The van der Waals surface area contributed by atoms with Gasteiger partial charge in [-0.3, -0.25) is 0 Å². The maximum absolute atomic E-state index is 5.65. The van der Waals surface area contributed by atoms with E-state index in [1.165, 1.54) is 0 Å². The van der Waals surface area contributed by atoms with Crippen LogP contribution in [0.15, 0.2) is 16.5 Å². The summed E-state index contributed by atoms with van der Waals surface area (Å²) in [6.07, 6.45) is 3.26. The molecule has 0 aliphatic rings. The zero-order valence-corrected chi connectivity index (χ0v) is 10.4. The largest absolute Gasteiger partial charge is 0.465 e. The Bertz CT molecular complexity index is 286. The van der Waals surface area contributed by atoms with Crippen molar-refractivity contribution in [2.45, 2.75) is 59.0 Å². The molecule has 2 nitrogen and oxygen atoms in total. The first-order chi connectivity index (χ1) is 7.13. The monoisotopic (exact) mass is 209 g/mol. The molecule has 0 atom stereocenters. The van der Waals surface area contributed by atoms with Crippen molar-refractivity contribution in [1.29, 1.82) is 0 Å². The fourth-order valence-electron chi connectivity index (χ4n) is 1.51. The van der Waals surface area contributed by atoms with Crippen LogP contribution >= 0.6 is 0 Å². The predicted octanol–water partition coefficient (Wildman–Crippen LogP) is 3.51. The summed E-state index contributed by atoms with van der Waals surface area (Å²) < 4.78 is 5.65. The van der Waals surface area contributed by atoms with Crippen molar-refractivity contribution in [3.63, 3.8) is 0 Å². The van der Waals surface area contributed by atoms with Gasteiger partial charge in [0, 0.05) is 12.0 Å². The van der Waals surface area contributed by atoms with Crippen LogP contribution in [-0.4, -0.2) is 5.54 Å². The summed E-state index contributed by atoms with van der Waals surface area (Å²) in [5.41, 5.74) is 0.235. The number of hydrogen-bond donors (Lipinski definition) is 1. The second kappa shape index (κ2) is 5.36. The molecule has 0 aliphatic heterocycles. The van der Waals surface area contributed by atoms with Crippen molar-refractivity contribution in [1.82, 2.24) is 5.32 Å². The first-order valence-corrected chi connectivity index (χ1v) is 5.96. The summed E-state index contributed by atoms with van der Waals surface area (Å²) >= 11 is 0. The third kappa shape index (κ3) is 3.38. The lowest BCUT2D eigenvalue weighted by atomic mass is 9.95. The Balaban J connectivity index is 2.49. The molecule has 1 heterocycles. The van der Waals surface area contributed by atoms with Crippen molar-refractivity contribution >= 4 is 0 Å². The van der Waals surface area contributed by atoms with Crippen LogP contribution in [0.1, 0.15) is 52.1 Å². The van der Waals surface area contributed by atoms with Gasteiger partial charge in [-0.2, -0.15) is 0 Å². The van der Waals surface area contributed by atoms with Crippen molar-refractivity contribution in [3.8, 4) is 0 Å². The molecule has 1 N–H and O–H groups in total. The highest BCUT2D eigenvalue weighted by atomic mass is 16.3. The molecule has 0 saturated heterocycles. The lowest BCUT2D eigenvalue weighted by Crippen LogP contribution is -2.40. The fourth-order valence-corrected chi connectivity index (χ4v) is 1.51. The summed E-state index contributed by atoms with van der Waals surface area (Å²) in [4.78, 5) is 0. The van der Waals surface area contributed by atoms with Crippen LogP contribution in [0.2, 0.25) is 0 Å². The lowest BCUT2D eigenvalue weighted by Gasteiger charge is -2.27. The molecule has 0 aliphatic carbocycles. The molecule has 15 heavy (non-hydrogen) atoms. The van der Waals surface area contributed by atoms with Gasteiger partial charge < -0.3 is 9.73 Å². The van der Waals surface area contributed by atoms with Gasteiger partial charge in [0.25, 0.3) is 0 Å². The van der Waals surface area contributed by atoms with E-state index in [-0.39, 0.29) is 5.54 Å². The normalized spacial score (nSPS) is 12.0. The van der Waals surface area contributed by atoms with E-state index in [4.69, 9.17) is 4.42 Å². The predicted molar refractivity (Wildman–Crippen MR) is 63.9 cm³/mol. The van der Waals surface area contributed by atoms with Crippen LogP contribution in [0, 0.1) is 0 Å². The molecule has 2 heteroatoms. The van der Waals surface area contributed by atoms with E-state index in [1.54, 1.807) is 0 Å². The van der Waals surface area contributed by atoms with Crippen LogP contribution in [0.5, 0.6) is 0 Å². The number of rotatable bonds is 6. The third-order valence-corrected chi connectivity index (χ3v) is 3.32. The van der Waals surface area contributed by atoms with Crippen molar-refractivity contribution < 1.29 is 4.42 Å². The van der Waals surface area contributed by atoms with Gasteiger partial charge in [-0.1, -0.05) is 20.8 Å². The zero-order chi connectivity index (χ0) is 11.3. The number of aryl methyl sites for hydroxylation is 1. The second-order valence-electron chi connectivity index (χ2n) is 4.34. The first kappa shape index (κ1) is 12.3. The van der Waals surface area contributed by atoms with E-state index in [0.29, 0.717) is 0 Å². The number of furan rings is 1. The molecule has 1 aromatic rings. The fraction of sp³-hybridized carbons (Fsp3) is 0.692. The minimum Gasteiger partial charge on any atom is -0.465 e. The maximum Gasteiger partial charge on any atom is 0.117 e. The summed E-state index contributed by atoms with van der Waals surface area (Å²) in [6.45, 7) is 9.64. The van der Waals surface area contributed by atoms with Crippen LogP contribution in [0.3, 0.4) is 0 Å². The first-order valence-electron chi connectivity index (χ1n) is 5.96. The Morgan fingerprint density at radius 2 is 1.73 bits per heavy atom. The standard InChI is InChI=1S/C13H23NO/c1-5-11-8-9-12(15-11)10-14-13(4,6-2)7-3/h8-9,14H,5-7,10H2,1-4H3. The SMILES string of the molecule is CCc1ccc(CNC(C)(CC)CC)o1. The molecule has 1 rings (SSSR count). The van der Waals surface area contributed by atoms with Crippen LogP contribution in [0.25, 0.3) is 0 Å². The van der Waals surface area contributed by atoms with Gasteiger partial charge in [0.2, 0.25) is 0 Å². The van der Waals surface area contributed by atoms with Gasteiger partial charge in [0.1, 0.15) is 11.5 Å². The molecule has 0 bridgehead atoms. The van der Waals surface area contributed by atoms with Crippen molar-refractivity contribution in [2.75, 3.05) is 0 Å². The second-order valence-corrected chi connectivity index (χ2v) is 4.34. The maximum atomic E-state index is 5.65. The van der Waals surface area contributed by atoms with Crippen molar-refractivity contribution in [3.05, 3.63) is 23.7 Å². The average Bonchev–Trinajstić information content (AvgIpc) is 2.74. The average molecular weight is 209 g/mol. The topological polar surface area (TPSA) is 25.2 Å². The van der Waals surface area contributed by atoms with E-state index >= 15 is 0 Å². The Labute approximate surface area is 93.1 Å². The summed E-state index contributed by atoms with van der Waals surface area (Å²) in [5.74, 6) is 2.11. The Kier molecular flexibility index (Phi) is 4.40. The van der Waals surface area contributed by atoms with E-state index < -0.39 is 0 Å². The number of hydrogen-bond acceptors (Lipinski definition) is 2. The molecule has 0 aromatic carbocycles. The smallest absolute Gasteiger partial charge is 0.117 e. The molecule has 86 valence electrons.